The topological polar surface area (TPSA) is 68.3 Å². The number of fused-ring (bicyclic) bond motifs is 1. The predicted octanol–water partition coefficient (Wildman–Crippen LogP) is 3.70. The summed E-state index contributed by atoms with van der Waals surface area (Å²) in [5.74, 6) is 0.107. The Labute approximate surface area is 138 Å². The molecule has 23 heavy (non-hydrogen) atoms. The SMILES string of the molecule is COc1c(Cl)cccc1S(=O)(=O)Nc1cnc2ccccc2c1. The van der Waals surface area contributed by atoms with Crippen LogP contribution in [0, 0.1) is 0 Å². The molecule has 0 unspecified atom stereocenters. The molecule has 0 atom stereocenters. The fourth-order valence-corrected chi connectivity index (χ4v) is 3.77. The maximum absolute atomic E-state index is 12.6. The molecular formula is C16H13ClN2O3S. The molecule has 0 saturated carbocycles. The summed E-state index contributed by atoms with van der Waals surface area (Å²) in [5.41, 5.74) is 1.15. The highest BCUT2D eigenvalue weighted by Crippen LogP contribution is 2.32. The van der Waals surface area contributed by atoms with Crippen LogP contribution in [0.1, 0.15) is 0 Å². The van der Waals surface area contributed by atoms with E-state index in [0.29, 0.717) is 5.69 Å². The van der Waals surface area contributed by atoms with Crippen LogP contribution in [0.15, 0.2) is 59.6 Å². The van der Waals surface area contributed by atoms with E-state index >= 15 is 0 Å². The van der Waals surface area contributed by atoms with Crippen LogP contribution in [-0.4, -0.2) is 20.5 Å². The average Bonchev–Trinajstić information content (AvgIpc) is 2.54. The second-order valence-electron chi connectivity index (χ2n) is 4.79. The number of nitrogens with zero attached hydrogens (tertiary/aromatic N) is 1. The van der Waals surface area contributed by atoms with Crippen molar-refractivity contribution in [2.24, 2.45) is 0 Å². The van der Waals surface area contributed by atoms with E-state index in [1.54, 1.807) is 18.2 Å². The highest BCUT2D eigenvalue weighted by atomic mass is 35.5. The zero-order valence-electron chi connectivity index (χ0n) is 12.2. The summed E-state index contributed by atoms with van der Waals surface area (Å²) in [7, 11) is -2.47. The first-order chi connectivity index (χ1) is 11.0. The van der Waals surface area contributed by atoms with Crippen LogP contribution in [0.5, 0.6) is 5.75 Å². The quantitative estimate of drug-likeness (QED) is 0.780. The molecule has 3 rings (SSSR count). The lowest BCUT2D eigenvalue weighted by Crippen LogP contribution is -2.14. The molecule has 1 aromatic heterocycles. The van der Waals surface area contributed by atoms with Crippen LogP contribution in [-0.2, 0) is 10.0 Å². The maximum Gasteiger partial charge on any atom is 0.265 e. The molecule has 0 bridgehead atoms. The van der Waals surface area contributed by atoms with Gasteiger partial charge < -0.3 is 4.74 Å². The van der Waals surface area contributed by atoms with Crippen molar-refractivity contribution in [3.63, 3.8) is 0 Å². The Morgan fingerprint density at radius 2 is 1.91 bits per heavy atom. The highest BCUT2D eigenvalue weighted by molar-refractivity contribution is 7.92. The summed E-state index contributed by atoms with van der Waals surface area (Å²) < 4.78 is 32.8. The molecule has 0 saturated heterocycles. The number of aromatic nitrogens is 1. The van der Waals surface area contributed by atoms with Gasteiger partial charge in [0.2, 0.25) is 0 Å². The summed E-state index contributed by atoms with van der Waals surface area (Å²) in [6.45, 7) is 0. The molecule has 0 amide bonds. The first-order valence-electron chi connectivity index (χ1n) is 6.71. The van der Waals surface area contributed by atoms with E-state index < -0.39 is 10.0 Å². The number of halogens is 1. The standard InChI is InChI=1S/C16H13ClN2O3S/c1-22-16-13(17)6-4-8-15(16)23(20,21)19-12-9-11-5-2-3-7-14(11)18-10-12/h2-10,19H,1H3. The molecule has 7 heteroatoms. The van der Waals surface area contributed by atoms with Gasteiger partial charge in [-0.3, -0.25) is 9.71 Å². The molecule has 0 spiro atoms. The molecule has 0 aliphatic carbocycles. The van der Waals surface area contributed by atoms with Crippen molar-refractivity contribution in [2.45, 2.75) is 4.90 Å². The van der Waals surface area contributed by atoms with E-state index in [-0.39, 0.29) is 15.7 Å². The number of hydrogen-bond donors (Lipinski definition) is 1. The van der Waals surface area contributed by atoms with E-state index in [0.717, 1.165) is 10.9 Å². The number of hydrogen-bond acceptors (Lipinski definition) is 4. The van der Waals surface area contributed by atoms with Crippen LogP contribution < -0.4 is 9.46 Å². The van der Waals surface area contributed by atoms with Gasteiger partial charge in [-0.1, -0.05) is 35.9 Å². The van der Waals surface area contributed by atoms with Gasteiger partial charge in [0.1, 0.15) is 4.90 Å². The molecule has 0 aliphatic rings. The molecule has 0 fully saturated rings. The smallest absolute Gasteiger partial charge is 0.265 e. The Morgan fingerprint density at radius 1 is 1.13 bits per heavy atom. The van der Waals surface area contributed by atoms with E-state index in [4.69, 9.17) is 16.3 Å². The van der Waals surface area contributed by atoms with Crippen LogP contribution in [0.4, 0.5) is 5.69 Å². The third kappa shape index (κ3) is 3.09. The van der Waals surface area contributed by atoms with Gasteiger partial charge in [-0.05, 0) is 24.3 Å². The van der Waals surface area contributed by atoms with Gasteiger partial charge >= 0.3 is 0 Å². The lowest BCUT2D eigenvalue weighted by atomic mass is 10.2. The van der Waals surface area contributed by atoms with Crippen LogP contribution in [0.2, 0.25) is 5.02 Å². The normalized spacial score (nSPS) is 11.4. The molecule has 5 nitrogen and oxygen atoms in total. The molecule has 0 radical (unpaired) electrons. The number of benzene rings is 2. The molecule has 2 aromatic carbocycles. The van der Waals surface area contributed by atoms with Gasteiger partial charge in [0.15, 0.2) is 5.75 Å². The van der Waals surface area contributed by atoms with Crippen LogP contribution in [0.25, 0.3) is 10.9 Å². The van der Waals surface area contributed by atoms with Crippen molar-refractivity contribution in [3.8, 4) is 5.75 Å². The second-order valence-corrected chi connectivity index (χ2v) is 6.85. The summed E-state index contributed by atoms with van der Waals surface area (Å²) in [6, 6.07) is 13.7. The van der Waals surface area contributed by atoms with Crippen molar-refractivity contribution in [3.05, 3.63) is 59.8 Å². The first-order valence-corrected chi connectivity index (χ1v) is 8.57. The number of pyridine rings is 1. The number of para-hydroxylation sites is 2. The van der Waals surface area contributed by atoms with Crippen molar-refractivity contribution in [1.82, 2.24) is 4.98 Å². The molecule has 118 valence electrons. The number of anilines is 1. The Balaban J connectivity index is 2.02. The number of ether oxygens (including phenoxy) is 1. The molecule has 0 aliphatic heterocycles. The Kier molecular flexibility index (Phi) is 4.11. The number of nitrogens with one attached hydrogen (secondary N) is 1. The second kappa shape index (κ2) is 6.06. The summed E-state index contributed by atoms with van der Waals surface area (Å²) >= 11 is 5.99. The van der Waals surface area contributed by atoms with Gasteiger partial charge in [-0.15, -0.1) is 0 Å². The molecule has 1 heterocycles. The highest BCUT2D eigenvalue weighted by Gasteiger charge is 2.21. The summed E-state index contributed by atoms with van der Waals surface area (Å²) in [6.07, 6.45) is 1.47. The number of methoxy groups -OCH3 is 1. The summed E-state index contributed by atoms with van der Waals surface area (Å²) in [5, 5.41) is 1.07. The Bertz CT molecular complexity index is 974. The number of rotatable bonds is 4. The predicted molar refractivity (Wildman–Crippen MR) is 90.6 cm³/mol. The lowest BCUT2D eigenvalue weighted by molar-refractivity contribution is 0.403. The van der Waals surface area contributed by atoms with E-state index in [1.807, 2.05) is 24.3 Å². The fourth-order valence-electron chi connectivity index (χ4n) is 2.24. The van der Waals surface area contributed by atoms with Gasteiger partial charge in [0.25, 0.3) is 10.0 Å². The van der Waals surface area contributed by atoms with Crippen molar-refractivity contribution < 1.29 is 13.2 Å². The Hall–Kier alpha value is -2.31. The average molecular weight is 349 g/mol. The third-order valence-corrected chi connectivity index (χ3v) is 4.97. The van der Waals surface area contributed by atoms with E-state index in [2.05, 4.69) is 9.71 Å². The molecule has 3 aromatic rings. The Morgan fingerprint density at radius 3 is 2.70 bits per heavy atom. The number of sulfonamides is 1. The molecular weight excluding hydrogens is 336 g/mol. The van der Waals surface area contributed by atoms with E-state index in [9.17, 15) is 8.42 Å². The lowest BCUT2D eigenvalue weighted by Gasteiger charge is -2.12. The van der Waals surface area contributed by atoms with Gasteiger partial charge in [-0.25, -0.2) is 8.42 Å². The summed E-state index contributed by atoms with van der Waals surface area (Å²) in [4.78, 5) is 4.21. The van der Waals surface area contributed by atoms with Crippen LogP contribution in [0.3, 0.4) is 0 Å². The maximum atomic E-state index is 12.6. The largest absolute Gasteiger partial charge is 0.494 e. The zero-order valence-corrected chi connectivity index (χ0v) is 13.7. The zero-order chi connectivity index (χ0) is 16.4. The monoisotopic (exact) mass is 348 g/mol. The first kappa shape index (κ1) is 15.6. The van der Waals surface area contributed by atoms with Crippen molar-refractivity contribution in [2.75, 3.05) is 11.8 Å². The van der Waals surface area contributed by atoms with Gasteiger partial charge in [0, 0.05) is 5.39 Å². The van der Waals surface area contributed by atoms with Crippen LogP contribution >= 0.6 is 11.6 Å². The van der Waals surface area contributed by atoms with E-state index in [1.165, 1.54) is 19.4 Å². The minimum atomic E-state index is -3.85. The fraction of sp³-hybridized carbons (Fsp3) is 0.0625. The third-order valence-electron chi connectivity index (χ3n) is 3.27. The van der Waals surface area contributed by atoms with Crippen molar-refractivity contribution in [1.29, 1.82) is 0 Å². The van der Waals surface area contributed by atoms with Crippen molar-refractivity contribution >= 4 is 38.2 Å². The minimum absolute atomic E-state index is 0.0272. The van der Waals surface area contributed by atoms with Gasteiger partial charge in [0.05, 0.1) is 29.5 Å². The minimum Gasteiger partial charge on any atom is -0.494 e. The van der Waals surface area contributed by atoms with Gasteiger partial charge in [-0.2, -0.15) is 0 Å². The molecule has 1 N–H and O–H groups in total.